The number of nitrogens with zero attached hydrogens (tertiary/aromatic N) is 1. The van der Waals surface area contributed by atoms with E-state index < -0.39 is 0 Å². The molecular formula is C13H8BrCl2N. The molecule has 0 amide bonds. The van der Waals surface area contributed by atoms with Gasteiger partial charge in [0.15, 0.2) is 0 Å². The van der Waals surface area contributed by atoms with Gasteiger partial charge in [-0.05, 0) is 42.0 Å². The smallest absolute Gasteiger partial charge is 0.0630 e. The van der Waals surface area contributed by atoms with Gasteiger partial charge in [-0.15, -0.1) is 0 Å². The molecule has 0 spiro atoms. The van der Waals surface area contributed by atoms with Crippen molar-refractivity contribution < 1.29 is 0 Å². The summed E-state index contributed by atoms with van der Waals surface area (Å²) in [5.74, 6) is 0. The zero-order valence-electron chi connectivity index (χ0n) is 8.70. The van der Waals surface area contributed by atoms with Crippen LogP contribution in [-0.4, -0.2) is 6.21 Å². The summed E-state index contributed by atoms with van der Waals surface area (Å²) in [6.45, 7) is 0. The summed E-state index contributed by atoms with van der Waals surface area (Å²) in [5, 5.41) is 1.08. The molecule has 0 fully saturated rings. The summed E-state index contributed by atoms with van der Waals surface area (Å²) in [5.41, 5.74) is 1.81. The van der Waals surface area contributed by atoms with Gasteiger partial charge in [0, 0.05) is 10.7 Å². The van der Waals surface area contributed by atoms with Gasteiger partial charge in [-0.25, -0.2) is 0 Å². The molecule has 86 valence electrons. The number of rotatable bonds is 2. The molecule has 0 atom stereocenters. The molecule has 4 heteroatoms. The molecule has 0 saturated carbocycles. The average Bonchev–Trinajstić information content (AvgIpc) is 2.33. The Morgan fingerprint density at radius 1 is 0.941 bits per heavy atom. The van der Waals surface area contributed by atoms with Crippen LogP contribution in [0.2, 0.25) is 10.0 Å². The van der Waals surface area contributed by atoms with Crippen molar-refractivity contribution in [2.75, 3.05) is 0 Å². The molecule has 2 aromatic carbocycles. The Labute approximate surface area is 118 Å². The maximum atomic E-state index is 5.92. The van der Waals surface area contributed by atoms with Crippen LogP contribution in [0.5, 0.6) is 0 Å². The molecule has 0 N–H and O–H groups in total. The predicted octanol–water partition coefficient (Wildman–Crippen LogP) is 5.51. The third kappa shape index (κ3) is 3.56. The summed E-state index contributed by atoms with van der Waals surface area (Å²) in [6.07, 6.45) is 1.76. The van der Waals surface area contributed by atoms with Gasteiger partial charge in [-0.1, -0.05) is 45.2 Å². The average molecular weight is 329 g/mol. The molecule has 0 aliphatic heterocycles. The van der Waals surface area contributed by atoms with Gasteiger partial charge in [-0.2, -0.15) is 0 Å². The Hall–Kier alpha value is -0.830. The predicted molar refractivity (Wildman–Crippen MR) is 77.9 cm³/mol. The Bertz CT molecular complexity index is 550. The first-order chi connectivity index (χ1) is 8.15. The van der Waals surface area contributed by atoms with E-state index in [9.17, 15) is 0 Å². The van der Waals surface area contributed by atoms with E-state index in [2.05, 4.69) is 20.9 Å². The lowest BCUT2D eigenvalue weighted by Gasteiger charge is -1.97. The third-order valence-electron chi connectivity index (χ3n) is 2.13. The first-order valence-corrected chi connectivity index (χ1v) is 6.45. The largest absolute Gasteiger partial charge is 0.256 e. The molecule has 0 aliphatic carbocycles. The molecule has 0 aliphatic rings. The molecule has 2 aromatic rings. The van der Waals surface area contributed by atoms with E-state index in [1.54, 1.807) is 18.3 Å². The van der Waals surface area contributed by atoms with Crippen molar-refractivity contribution in [1.82, 2.24) is 0 Å². The fourth-order valence-electron chi connectivity index (χ4n) is 1.27. The lowest BCUT2D eigenvalue weighted by molar-refractivity contribution is 1.51. The second-order valence-corrected chi connectivity index (χ2v) is 5.14. The SMILES string of the molecule is Clc1ccc(C=Nc2ccc(Br)cc2)cc1Cl. The monoisotopic (exact) mass is 327 g/mol. The van der Waals surface area contributed by atoms with Crippen molar-refractivity contribution in [2.24, 2.45) is 4.99 Å². The molecule has 17 heavy (non-hydrogen) atoms. The van der Waals surface area contributed by atoms with Crippen molar-refractivity contribution in [1.29, 1.82) is 0 Å². The summed E-state index contributed by atoms with van der Waals surface area (Å²) >= 11 is 15.1. The topological polar surface area (TPSA) is 12.4 Å². The van der Waals surface area contributed by atoms with Crippen molar-refractivity contribution in [3.8, 4) is 0 Å². The van der Waals surface area contributed by atoms with Crippen molar-refractivity contribution >= 4 is 51.0 Å². The third-order valence-corrected chi connectivity index (χ3v) is 3.40. The summed E-state index contributed by atoms with van der Waals surface area (Å²) in [4.78, 5) is 4.34. The first kappa shape index (κ1) is 12.6. The van der Waals surface area contributed by atoms with Crippen LogP contribution >= 0.6 is 39.1 Å². The molecular weight excluding hydrogens is 321 g/mol. The Kier molecular flexibility index (Phi) is 4.21. The van der Waals surface area contributed by atoms with Gasteiger partial charge >= 0.3 is 0 Å². The van der Waals surface area contributed by atoms with E-state index in [0.29, 0.717) is 10.0 Å². The minimum atomic E-state index is 0.534. The molecule has 0 heterocycles. The zero-order chi connectivity index (χ0) is 12.3. The van der Waals surface area contributed by atoms with Gasteiger partial charge in [0.05, 0.1) is 15.7 Å². The number of benzene rings is 2. The number of aliphatic imine (C=N–C) groups is 1. The van der Waals surface area contributed by atoms with Gasteiger partial charge in [-0.3, -0.25) is 4.99 Å². The van der Waals surface area contributed by atoms with Crippen LogP contribution in [0.25, 0.3) is 0 Å². The lowest BCUT2D eigenvalue weighted by atomic mass is 10.2. The highest BCUT2D eigenvalue weighted by Gasteiger charge is 1.97. The van der Waals surface area contributed by atoms with E-state index in [1.165, 1.54) is 0 Å². The molecule has 2 rings (SSSR count). The maximum absolute atomic E-state index is 5.92. The van der Waals surface area contributed by atoms with Crippen LogP contribution in [-0.2, 0) is 0 Å². The summed E-state index contributed by atoms with van der Waals surface area (Å²) in [6, 6.07) is 13.2. The zero-order valence-corrected chi connectivity index (χ0v) is 11.8. The second-order valence-electron chi connectivity index (χ2n) is 3.41. The maximum Gasteiger partial charge on any atom is 0.0630 e. The summed E-state index contributed by atoms with van der Waals surface area (Å²) < 4.78 is 1.03. The Morgan fingerprint density at radius 3 is 2.29 bits per heavy atom. The lowest BCUT2D eigenvalue weighted by Crippen LogP contribution is -1.80. The standard InChI is InChI=1S/C13H8BrCl2N/c14-10-2-4-11(5-3-10)17-8-9-1-6-12(15)13(16)7-9/h1-8H. The minimum absolute atomic E-state index is 0.534. The van der Waals surface area contributed by atoms with Crippen molar-refractivity contribution in [2.45, 2.75) is 0 Å². The van der Waals surface area contributed by atoms with E-state index in [0.717, 1.165) is 15.7 Å². The fourth-order valence-corrected chi connectivity index (χ4v) is 1.84. The molecule has 0 saturated heterocycles. The van der Waals surface area contributed by atoms with Crippen molar-refractivity contribution in [3.63, 3.8) is 0 Å². The Morgan fingerprint density at radius 2 is 1.65 bits per heavy atom. The molecule has 0 aromatic heterocycles. The quantitative estimate of drug-likeness (QED) is 0.645. The number of halogens is 3. The molecule has 0 radical (unpaired) electrons. The van der Waals surface area contributed by atoms with Gasteiger partial charge in [0.1, 0.15) is 0 Å². The minimum Gasteiger partial charge on any atom is -0.256 e. The van der Waals surface area contributed by atoms with Gasteiger partial charge in [0.2, 0.25) is 0 Å². The van der Waals surface area contributed by atoms with Gasteiger partial charge < -0.3 is 0 Å². The molecule has 0 unspecified atom stereocenters. The van der Waals surface area contributed by atoms with Crippen LogP contribution in [0.15, 0.2) is 51.9 Å². The number of hydrogen-bond donors (Lipinski definition) is 0. The van der Waals surface area contributed by atoms with Crippen LogP contribution in [0.3, 0.4) is 0 Å². The van der Waals surface area contributed by atoms with Crippen LogP contribution in [0.1, 0.15) is 5.56 Å². The fraction of sp³-hybridized carbons (Fsp3) is 0. The van der Waals surface area contributed by atoms with Crippen LogP contribution in [0.4, 0.5) is 5.69 Å². The van der Waals surface area contributed by atoms with E-state index in [4.69, 9.17) is 23.2 Å². The second kappa shape index (κ2) is 5.67. The van der Waals surface area contributed by atoms with Crippen LogP contribution < -0.4 is 0 Å². The van der Waals surface area contributed by atoms with Crippen molar-refractivity contribution in [3.05, 3.63) is 62.5 Å². The summed E-state index contributed by atoms with van der Waals surface area (Å²) in [7, 11) is 0. The van der Waals surface area contributed by atoms with E-state index in [-0.39, 0.29) is 0 Å². The number of hydrogen-bond acceptors (Lipinski definition) is 1. The Balaban J connectivity index is 2.20. The van der Waals surface area contributed by atoms with Gasteiger partial charge in [0.25, 0.3) is 0 Å². The van der Waals surface area contributed by atoms with E-state index >= 15 is 0 Å². The highest BCUT2D eigenvalue weighted by atomic mass is 79.9. The van der Waals surface area contributed by atoms with Crippen LogP contribution in [0, 0.1) is 0 Å². The first-order valence-electron chi connectivity index (χ1n) is 4.90. The van der Waals surface area contributed by atoms with E-state index in [1.807, 2.05) is 30.3 Å². The normalized spacial score (nSPS) is 11.0. The highest BCUT2D eigenvalue weighted by molar-refractivity contribution is 9.10. The molecule has 1 nitrogen and oxygen atoms in total. The molecule has 0 bridgehead atoms. The highest BCUT2D eigenvalue weighted by Crippen LogP contribution is 2.22.